The fraction of sp³-hybridized carbons (Fsp3) is 0.103. The molecule has 0 aromatic heterocycles. The third-order valence-electron chi connectivity index (χ3n) is 5.67. The summed E-state index contributed by atoms with van der Waals surface area (Å²) in [6.07, 6.45) is -4.89. The highest BCUT2D eigenvalue weighted by atomic mass is 19.4. The van der Waals surface area contributed by atoms with Gasteiger partial charge in [-0.25, -0.2) is 4.79 Å². The van der Waals surface area contributed by atoms with E-state index in [2.05, 4.69) is 4.74 Å². The lowest BCUT2D eigenvalue weighted by Gasteiger charge is -2.20. The van der Waals surface area contributed by atoms with E-state index in [-0.39, 0.29) is 22.6 Å². The van der Waals surface area contributed by atoms with Crippen LogP contribution < -0.4 is 19.1 Å². The van der Waals surface area contributed by atoms with Gasteiger partial charge in [-0.3, -0.25) is 4.79 Å². The summed E-state index contributed by atoms with van der Waals surface area (Å²) in [7, 11) is 3.45. The number of ether oxygens (including phenoxy) is 3. The first-order chi connectivity index (χ1) is 18.5. The van der Waals surface area contributed by atoms with E-state index in [1.54, 1.807) is 31.4 Å². The molecule has 0 unspecified atom stereocenters. The Morgan fingerprint density at radius 2 is 1.31 bits per heavy atom. The number of carbonyl (C=O) groups excluding carboxylic acids is 1. The second kappa shape index (κ2) is 11.2. The van der Waals surface area contributed by atoms with Crippen molar-refractivity contribution in [1.29, 1.82) is 0 Å². The maximum absolute atomic E-state index is 13.2. The Morgan fingerprint density at radius 1 is 0.718 bits per heavy atom. The normalized spacial score (nSPS) is 11.0. The fourth-order valence-electron chi connectivity index (χ4n) is 3.74. The number of carboxylic acids is 1. The van der Waals surface area contributed by atoms with Crippen molar-refractivity contribution in [3.63, 3.8) is 0 Å². The van der Waals surface area contributed by atoms with Gasteiger partial charge in [-0.15, -0.1) is 13.2 Å². The first-order valence-electron chi connectivity index (χ1n) is 11.5. The number of hydrogen-bond acceptors (Lipinski definition) is 6. The molecule has 0 aliphatic carbocycles. The number of benzene rings is 4. The monoisotopic (exact) mass is 537 g/mol. The maximum atomic E-state index is 13.2. The van der Waals surface area contributed by atoms with Crippen LogP contribution in [0.3, 0.4) is 0 Å². The topological polar surface area (TPSA) is 85.3 Å². The van der Waals surface area contributed by atoms with Crippen LogP contribution in [-0.4, -0.2) is 37.4 Å². The molecule has 10 heteroatoms. The number of ketones is 1. The van der Waals surface area contributed by atoms with Crippen LogP contribution >= 0.6 is 0 Å². The van der Waals surface area contributed by atoms with E-state index in [0.29, 0.717) is 5.56 Å². The second-order valence-corrected chi connectivity index (χ2v) is 8.31. The second-order valence-electron chi connectivity index (χ2n) is 8.31. The first-order valence-corrected chi connectivity index (χ1v) is 11.5. The van der Waals surface area contributed by atoms with Crippen molar-refractivity contribution in [3.8, 4) is 23.0 Å². The average molecular weight is 537 g/mol. The molecule has 0 aliphatic heterocycles. The molecule has 1 N–H and O–H groups in total. The van der Waals surface area contributed by atoms with Crippen molar-refractivity contribution < 1.29 is 42.1 Å². The number of aromatic carboxylic acids is 1. The molecule has 7 nitrogen and oxygen atoms in total. The summed E-state index contributed by atoms with van der Waals surface area (Å²) in [5, 5.41) is 9.54. The van der Waals surface area contributed by atoms with Gasteiger partial charge in [-0.2, -0.15) is 0 Å². The molecule has 4 aromatic rings. The van der Waals surface area contributed by atoms with E-state index in [9.17, 15) is 27.9 Å². The van der Waals surface area contributed by atoms with Crippen molar-refractivity contribution in [1.82, 2.24) is 0 Å². The Balaban J connectivity index is 1.57. The first kappa shape index (κ1) is 27.1. The molecule has 4 rings (SSSR count). The quantitative estimate of drug-likeness (QED) is 0.228. The van der Waals surface area contributed by atoms with Crippen molar-refractivity contribution in [2.75, 3.05) is 19.1 Å². The standard InChI is InChI=1S/C29H22F3NO6/c1-33(22-10-12-23(37-2)13-11-22)21-8-6-18(7-9-21)27(34)19-14-20(28(35)36)16-26(15-19)38-24-4-3-5-25(17-24)39-29(30,31)32/h3-17H,1-2H3,(H,35,36). The van der Waals surface area contributed by atoms with E-state index in [1.807, 2.05) is 36.2 Å². The molecule has 4 aromatic carbocycles. The Kier molecular flexibility index (Phi) is 7.75. The molecule has 39 heavy (non-hydrogen) atoms. The molecular formula is C29H22F3NO6. The van der Waals surface area contributed by atoms with Crippen LogP contribution in [0.15, 0.2) is 91.0 Å². The molecule has 200 valence electrons. The number of alkyl halides is 3. The van der Waals surface area contributed by atoms with Crippen LogP contribution in [0.4, 0.5) is 24.5 Å². The summed E-state index contributed by atoms with van der Waals surface area (Å²) in [6.45, 7) is 0. The molecule has 0 heterocycles. The summed E-state index contributed by atoms with van der Waals surface area (Å²) in [4.78, 5) is 26.9. The van der Waals surface area contributed by atoms with Crippen LogP contribution in [-0.2, 0) is 0 Å². The van der Waals surface area contributed by atoms with Crippen LogP contribution in [0.1, 0.15) is 26.3 Å². The lowest BCUT2D eigenvalue weighted by Crippen LogP contribution is -2.17. The highest BCUT2D eigenvalue weighted by Crippen LogP contribution is 2.31. The van der Waals surface area contributed by atoms with Gasteiger partial charge in [0.15, 0.2) is 5.78 Å². The number of nitrogens with zero attached hydrogens (tertiary/aromatic N) is 1. The number of methoxy groups -OCH3 is 1. The zero-order chi connectivity index (χ0) is 28.2. The van der Waals surface area contributed by atoms with Gasteiger partial charge in [0.1, 0.15) is 23.0 Å². The van der Waals surface area contributed by atoms with Crippen molar-refractivity contribution in [2.24, 2.45) is 0 Å². The zero-order valence-electron chi connectivity index (χ0n) is 20.7. The third-order valence-corrected chi connectivity index (χ3v) is 5.67. The van der Waals surface area contributed by atoms with Crippen LogP contribution in [0, 0.1) is 0 Å². The van der Waals surface area contributed by atoms with Crippen molar-refractivity contribution in [2.45, 2.75) is 6.36 Å². The average Bonchev–Trinajstić information content (AvgIpc) is 2.91. The summed E-state index contributed by atoms with van der Waals surface area (Å²) in [6, 6.07) is 22.6. The van der Waals surface area contributed by atoms with Crippen LogP contribution in [0.2, 0.25) is 0 Å². The number of carboxylic acid groups (broad SMARTS) is 1. The molecule has 0 aliphatic rings. The van der Waals surface area contributed by atoms with E-state index in [0.717, 1.165) is 29.3 Å². The largest absolute Gasteiger partial charge is 0.573 e. The predicted molar refractivity (Wildman–Crippen MR) is 138 cm³/mol. The van der Waals surface area contributed by atoms with Gasteiger partial charge in [0.25, 0.3) is 0 Å². The third kappa shape index (κ3) is 6.86. The van der Waals surface area contributed by atoms with Crippen LogP contribution in [0.5, 0.6) is 23.0 Å². The van der Waals surface area contributed by atoms with E-state index >= 15 is 0 Å². The number of hydrogen-bond donors (Lipinski definition) is 1. The molecule has 0 fully saturated rings. The highest BCUT2D eigenvalue weighted by Gasteiger charge is 2.31. The molecular weight excluding hydrogens is 515 g/mol. The van der Waals surface area contributed by atoms with Gasteiger partial charge in [-0.05, 0) is 78.9 Å². The van der Waals surface area contributed by atoms with Gasteiger partial charge >= 0.3 is 12.3 Å². The van der Waals surface area contributed by atoms with Crippen molar-refractivity contribution in [3.05, 3.63) is 108 Å². The Bertz CT molecular complexity index is 1480. The molecule has 0 saturated heterocycles. The van der Waals surface area contributed by atoms with Crippen LogP contribution in [0.25, 0.3) is 0 Å². The fourth-order valence-corrected chi connectivity index (χ4v) is 3.74. The zero-order valence-corrected chi connectivity index (χ0v) is 20.7. The van der Waals surface area contributed by atoms with E-state index in [1.165, 1.54) is 30.3 Å². The van der Waals surface area contributed by atoms with E-state index in [4.69, 9.17) is 9.47 Å². The molecule has 0 saturated carbocycles. The summed E-state index contributed by atoms with van der Waals surface area (Å²) < 4.78 is 52.3. The number of halogens is 3. The molecule has 0 amide bonds. The van der Waals surface area contributed by atoms with Gasteiger partial charge in [0, 0.05) is 35.6 Å². The van der Waals surface area contributed by atoms with Gasteiger partial charge in [0.05, 0.1) is 12.7 Å². The smallest absolute Gasteiger partial charge is 0.497 e. The molecule has 0 atom stereocenters. The molecule has 0 bridgehead atoms. The minimum Gasteiger partial charge on any atom is -0.497 e. The Hall–Kier alpha value is -4.99. The van der Waals surface area contributed by atoms with E-state index < -0.39 is 23.9 Å². The summed E-state index contributed by atoms with van der Waals surface area (Å²) in [5.41, 5.74) is 1.81. The minimum atomic E-state index is -4.89. The molecule has 0 spiro atoms. The number of anilines is 2. The Labute approximate surface area is 221 Å². The van der Waals surface area contributed by atoms with Gasteiger partial charge in [0.2, 0.25) is 0 Å². The number of rotatable bonds is 9. The number of carbonyl (C=O) groups is 2. The highest BCUT2D eigenvalue weighted by molar-refractivity contribution is 6.10. The lowest BCUT2D eigenvalue weighted by atomic mass is 10.0. The maximum Gasteiger partial charge on any atom is 0.573 e. The Morgan fingerprint density at radius 3 is 1.90 bits per heavy atom. The van der Waals surface area contributed by atoms with Gasteiger partial charge < -0.3 is 24.2 Å². The van der Waals surface area contributed by atoms with Gasteiger partial charge in [-0.1, -0.05) is 6.07 Å². The lowest BCUT2D eigenvalue weighted by molar-refractivity contribution is -0.274. The predicted octanol–water partition coefficient (Wildman–Crippen LogP) is 7.08. The molecule has 0 radical (unpaired) electrons. The van der Waals surface area contributed by atoms with Crippen molar-refractivity contribution >= 4 is 23.1 Å². The minimum absolute atomic E-state index is 0.0313. The summed E-state index contributed by atoms with van der Waals surface area (Å²) >= 11 is 0. The summed E-state index contributed by atoms with van der Waals surface area (Å²) in [5.74, 6) is -1.63. The SMILES string of the molecule is COc1ccc(N(C)c2ccc(C(=O)c3cc(Oc4cccc(OC(F)(F)F)c4)cc(C(=O)O)c3)cc2)cc1.